The predicted octanol–water partition coefficient (Wildman–Crippen LogP) is 2.47. The minimum Gasteiger partial charge on any atom is -0.481 e. The number of hydrogen-bond acceptors (Lipinski definition) is 3. The Morgan fingerprint density at radius 2 is 2.10 bits per heavy atom. The summed E-state index contributed by atoms with van der Waals surface area (Å²) >= 11 is 0. The highest BCUT2D eigenvalue weighted by Gasteiger charge is 2.34. The van der Waals surface area contributed by atoms with Crippen LogP contribution in [0, 0.1) is 5.92 Å². The van der Waals surface area contributed by atoms with Gasteiger partial charge in [0.15, 0.2) is 0 Å². The number of aliphatic carboxylic acids is 1. The zero-order chi connectivity index (χ0) is 14.9. The number of hydrogen-bond donors (Lipinski definition) is 2. The van der Waals surface area contributed by atoms with Crippen molar-refractivity contribution < 1.29 is 15.0 Å². The van der Waals surface area contributed by atoms with E-state index >= 15 is 0 Å². The summed E-state index contributed by atoms with van der Waals surface area (Å²) in [5.74, 6) is -1.06. The number of β-amino-alcohol motifs (C(OH)–C–C–N with tert-alkyl or cyclic N) is 1. The van der Waals surface area contributed by atoms with Crippen molar-refractivity contribution in [3.63, 3.8) is 0 Å². The number of carboxylic acids is 1. The van der Waals surface area contributed by atoms with Crippen LogP contribution in [0.4, 0.5) is 5.69 Å². The Labute approximate surface area is 120 Å². The van der Waals surface area contributed by atoms with Gasteiger partial charge in [-0.05, 0) is 30.9 Å². The Bertz CT molecular complexity index is 496. The second kappa shape index (κ2) is 5.44. The number of para-hydroxylation sites is 1. The van der Waals surface area contributed by atoms with Crippen LogP contribution in [0.3, 0.4) is 0 Å². The molecule has 0 saturated carbocycles. The lowest BCUT2D eigenvalue weighted by molar-refractivity contribution is -0.139. The molecule has 2 rings (SSSR count). The second-order valence-electron chi connectivity index (χ2n) is 6.17. The summed E-state index contributed by atoms with van der Waals surface area (Å²) in [5.41, 5.74) is 1.00. The van der Waals surface area contributed by atoms with E-state index in [1.165, 1.54) is 0 Å². The van der Waals surface area contributed by atoms with Crippen molar-refractivity contribution >= 4 is 11.7 Å². The lowest BCUT2D eigenvalue weighted by atomic mass is 9.87. The molecule has 2 unspecified atom stereocenters. The van der Waals surface area contributed by atoms with Crippen LogP contribution in [0.5, 0.6) is 0 Å². The molecule has 2 atom stereocenters. The number of rotatable bonds is 4. The highest BCUT2D eigenvalue weighted by atomic mass is 16.4. The standard InChI is InChI=1S/C16H23NO3/c1-11(2)16(3,20)10-17-9-8-13(15(18)19)12-6-4-5-7-14(12)17/h4-7,11,13,20H,8-10H2,1-3H3,(H,18,19). The first kappa shape index (κ1) is 14.9. The number of benzene rings is 1. The molecule has 4 heteroatoms. The van der Waals surface area contributed by atoms with Gasteiger partial charge in [-0.1, -0.05) is 32.0 Å². The van der Waals surface area contributed by atoms with Gasteiger partial charge in [0, 0.05) is 18.8 Å². The third-order valence-electron chi connectivity index (χ3n) is 4.39. The average Bonchev–Trinajstić information content (AvgIpc) is 2.38. The Morgan fingerprint density at radius 1 is 1.45 bits per heavy atom. The molecule has 0 bridgehead atoms. The topological polar surface area (TPSA) is 60.8 Å². The average molecular weight is 277 g/mol. The summed E-state index contributed by atoms with van der Waals surface area (Å²) in [5, 5.41) is 19.8. The summed E-state index contributed by atoms with van der Waals surface area (Å²) in [4.78, 5) is 13.5. The lowest BCUT2D eigenvalue weighted by Gasteiger charge is -2.40. The molecular formula is C16H23NO3. The smallest absolute Gasteiger partial charge is 0.311 e. The van der Waals surface area contributed by atoms with E-state index in [0.717, 1.165) is 11.3 Å². The van der Waals surface area contributed by atoms with Gasteiger partial charge < -0.3 is 15.1 Å². The van der Waals surface area contributed by atoms with Gasteiger partial charge in [-0.3, -0.25) is 4.79 Å². The summed E-state index contributed by atoms with van der Waals surface area (Å²) in [6.07, 6.45) is 0.584. The van der Waals surface area contributed by atoms with E-state index in [-0.39, 0.29) is 5.92 Å². The van der Waals surface area contributed by atoms with Crippen molar-refractivity contribution in [1.29, 1.82) is 0 Å². The van der Waals surface area contributed by atoms with Crippen molar-refractivity contribution in [2.75, 3.05) is 18.0 Å². The number of aliphatic hydroxyl groups is 1. The predicted molar refractivity (Wildman–Crippen MR) is 79.1 cm³/mol. The van der Waals surface area contributed by atoms with E-state index in [1.807, 2.05) is 45.0 Å². The third-order valence-corrected chi connectivity index (χ3v) is 4.39. The molecule has 0 spiro atoms. The van der Waals surface area contributed by atoms with Gasteiger partial charge in [-0.2, -0.15) is 0 Å². The van der Waals surface area contributed by atoms with Crippen LogP contribution in [-0.2, 0) is 4.79 Å². The number of carbonyl (C=O) groups is 1. The van der Waals surface area contributed by atoms with Gasteiger partial charge in [-0.15, -0.1) is 0 Å². The van der Waals surface area contributed by atoms with Gasteiger partial charge in [0.1, 0.15) is 0 Å². The molecule has 2 N–H and O–H groups in total. The third kappa shape index (κ3) is 2.80. The normalized spacial score (nSPS) is 21.4. The van der Waals surface area contributed by atoms with Crippen molar-refractivity contribution in [1.82, 2.24) is 0 Å². The summed E-state index contributed by atoms with van der Waals surface area (Å²) in [7, 11) is 0. The fourth-order valence-electron chi connectivity index (χ4n) is 2.62. The van der Waals surface area contributed by atoms with Crippen molar-refractivity contribution in [2.45, 2.75) is 38.7 Å². The Kier molecular flexibility index (Phi) is 4.04. The summed E-state index contributed by atoms with van der Waals surface area (Å²) in [6.45, 7) is 7.01. The molecule has 0 radical (unpaired) electrons. The lowest BCUT2D eigenvalue weighted by Crippen LogP contribution is -2.47. The molecule has 1 aromatic rings. The number of fused-ring (bicyclic) bond motifs is 1. The molecule has 1 aromatic carbocycles. The second-order valence-corrected chi connectivity index (χ2v) is 6.17. The quantitative estimate of drug-likeness (QED) is 0.887. The summed E-state index contributed by atoms with van der Waals surface area (Å²) in [6, 6.07) is 7.62. The SMILES string of the molecule is CC(C)C(C)(O)CN1CCC(C(=O)O)c2ccccc21. The van der Waals surface area contributed by atoms with Crippen LogP contribution < -0.4 is 4.90 Å². The fourth-order valence-corrected chi connectivity index (χ4v) is 2.62. The van der Waals surface area contributed by atoms with Gasteiger partial charge >= 0.3 is 5.97 Å². The zero-order valence-electron chi connectivity index (χ0n) is 12.3. The molecule has 0 saturated heterocycles. The molecule has 0 aliphatic carbocycles. The molecule has 0 amide bonds. The monoisotopic (exact) mass is 277 g/mol. The minimum atomic E-state index is -0.789. The molecule has 4 nitrogen and oxygen atoms in total. The van der Waals surface area contributed by atoms with E-state index in [2.05, 4.69) is 4.90 Å². The zero-order valence-corrected chi connectivity index (χ0v) is 12.3. The minimum absolute atomic E-state index is 0.145. The maximum atomic E-state index is 11.3. The van der Waals surface area contributed by atoms with Gasteiger partial charge in [0.2, 0.25) is 0 Å². The van der Waals surface area contributed by atoms with E-state index in [4.69, 9.17) is 0 Å². The molecule has 0 aromatic heterocycles. The first-order chi connectivity index (χ1) is 9.33. The van der Waals surface area contributed by atoms with Crippen LogP contribution in [-0.4, -0.2) is 34.9 Å². The first-order valence-electron chi connectivity index (χ1n) is 7.12. The summed E-state index contributed by atoms with van der Waals surface area (Å²) < 4.78 is 0. The van der Waals surface area contributed by atoms with Crippen LogP contribution in [0.15, 0.2) is 24.3 Å². The van der Waals surface area contributed by atoms with E-state index < -0.39 is 17.5 Å². The number of carboxylic acid groups (broad SMARTS) is 1. The van der Waals surface area contributed by atoms with Crippen LogP contribution in [0.1, 0.15) is 38.7 Å². The van der Waals surface area contributed by atoms with Crippen LogP contribution in [0.2, 0.25) is 0 Å². The number of anilines is 1. The van der Waals surface area contributed by atoms with Crippen molar-refractivity contribution in [3.8, 4) is 0 Å². The Hall–Kier alpha value is -1.55. The van der Waals surface area contributed by atoms with Crippen LogP contribution >= 0.6 is 0 Å². The van der Waals surface area contributed by atoms with E-state index in [0.29, 0.717) is 19.5 Å². The highest BCUT2D eigenvalue weighted by Crippen LogP contribution is 2.36. The van der Waals surface area contributed by atoms with E-state index in [1.54, 1.807) is 0 Å². The maximum Gasteiger partial charge on any atom is 0.311 e. The Balaban J connectivity index is 2.30. The fraction of sp³-hybridized carbons (Fsp3) is 0.562. The Morgan fingerprint density at radius 3 is 2.70 bits per heavy atom. The molecule has 110 valence electrons. The highest BCUT2D eigenvalue weighted by molar-refractivity contribution is 5.80. The molecule has 1 aliphatic rings. The largest absolute Gasteiger partial charge is 0.481 e. The van der Waals surface area contributed by atoms with Gasteiger partial charge in [0.25, 0.3) is 0 Å². The van der Waals surface area contributed by atoms with Crippen LogP contribution in [0.25, 0.3) is 0 Å². The molecule has 1 aliphatic heterocycles. The molecule has 20 heavy (non-hydrogen) atoms. The van der Waals surface area contributed by atoms with Crippen molar-refractivity contribution in [2.24, 2.45) is 5.92 Å². The maximum absolute atomic E-state index is 11.3. The molecule has 1 heterocycles. The number of nitrogens with zero attached hydrogens (tertiary/aromatic N) is 1. The van der Waals surface area contributed by atoms with Gasteiger partial charge in [-0.25, -0.2) is 0 Å². The molecule has 0 fully saturated rings. The van der Waals surface area contributed by atoms with Crippen molar-refractivity contribution in [3.05, 3.63) is 29.8 Å². The van der Waals surface area contributed by atoms with Gasteiger partial charge in [0.05, 0.1) is 11.5 Å². The van der Waals surface area contributed by atoms with E-state index in [9.17, 15) is 15.0 Å². The first-order valence-corrected chi connectivity index (χ1v) is 7.12. The molecular weight excluding hydrogens is 254 g/mol.